The molecule has 1 aliphatic carbocycles. The predicted molar refractivity (Wildman–Crippen MR) is 105 cm³/mol. The summed E-state index contributed by atoms with van der Waals surface area (Å²) in [5.74, 6) is 1.15. The van der Waals surface area contributed by atoms with Gasteiger partial charge in [-0.25, -0.2) is 4.99 Å². The number of benzene rings is 1. The lowest BCUT2D eigenvalue weighted by atomic mass is 9.95. The lowest BCUT2D eigenvalue weighted by Gasteiger charge is -2.24. The SMILES string of the molecule is CC1CCC2=C(/C=C/C=C\C=C\C(=Nc3ccc(OCCO)cc3)C2=O)O1. The van der Waals surface area contributed by atoms with E-state index in [0.29, 0.717) is 34.9 Å². The van der Waals surface area contributed by atoms with Crippen LogP contribution in [0.4, 0.5) is 5.69 Å². The van der Waals surface area contributed by atoms with Crippen LogP contribution in [0, 0.1) is 0 Å². The van der Waals surface area contributed by atoms with Crippen molar-refractivity contribution in [1.29, 1.82) is 0 Å². The van der Waals surface area contributed by atoms with Gasteiger partial charge >= 0.3 is 0 Å². The molecule has 1 atom stereocenters. The smallest absolute Gasteiger partial charge is 0.211 e. The molecule has 0 aromatic heterocycles. The van der Waals surface area contributed by atoms with Gasteiger partial charge in [0.1, 0.15) is 23.8 Å². The van der Waals surface area contributed by atoms with E-state index >= 15 is 0 Å². The van der Waals surface area contributed by atoms with Crippen LogP contribution < -0.4 is 4.74 Å². The van der Waals surface area contributed by atoms with Crippen molar-refractivity contribution in [2.24, 2.45) is 4.99 Å². The molecule has 27 heavy (non-hydrogen) atoms. The van der Waals surface area contributed by atoms with Crippen molar-refractivity contribution in [2.75, 3.05) is 13.2 Å². The molecule has 0 spiro atoms. The number of hydrogen-bond donors (Lipinski definition) is 1. The zero-order chi connectivity index (χ0) is 19.1. The first-order chi connectivity index (χ1) is 13.2. The minimum atomic E-state index is -0.117. The maximum absolute atomic E-state index is 13.1. The topological polar surface area (TPSA) is 68.1 Å². The van der Waals surface area contributed by atoms with Crippen LogP contribution in [0.2, 0.25) is 0 Å². The summed E-state index contributed by atoms with van der Waals surface area (Å²) in [6.07, 6.45) is 12.5. The molecular weight excluding hydrogens is 342 g/mol. The van der Waals surface area contributed by atoms with E-state index < -0.39 is 0 Å². The predicted octanol–water partition coefficient (Wildman–Crippen LogP) is 3.83. The lowest BCUT2D eigenvalue weighted by Crippen LogP contribution is -2.23. The van der Waals surface area contributed by atoms with E-state index in [4.69, 9.17) is 14.6 Å². The van der Waals surface area contributed by atoms with Crippen molar-refractivity contribution in [3.8, 4) is 5.75 Å². The number of carbonyl (C=O) groups is 1. The standard InChI is InChI=1S/C22H23NO4/c1-16-8-13-19-21(27-16)7-5-3-2-4-6-20(22(19)25)23-17-9-11-18(12-10-17)26-15-14-24/h2-7,9-12,16,24H,8,13-15H2,1H3/b3-2-,6-4+,7-5+,23-20?. The number of aliphatic imine (C=N–C) groups is 1. The molecule has 0 saturated heterocycles. The third kappa shape index (κ3) is 5.05. The van der Waals surface area contributed by atoms with Crippen molar-refractivity contribution < 1.29 is 19.4 Å². The zero-order valence-electron chi connectivity index (χ0n) is 15.3. The zero-order valence-corrected chi connectivity index (χ0v) is 15.3. The summed E-state index contributed by atoms with van der Waals surface area (Å²) in [7, 11) is 0. The van der Waals surface area contributed by atoms with Gasteiger partial charge in [0, 0.05) is 5.57 Å². The van der Waals surface area contributed by atoms with Crippen LogP contribution in [0.1, 0.15) is 19.8 Å². The summed E-state index contributed by atoms with van der Waals surface area (Å²) >= 11 is 0. The Morgan fingerprint density at radius 2 is 1.89 bits per heavy atom. The fourth-order valence-corrected chi connectivity index (χ4v) is 2.84. The number of allylic oxidation sites excluding steroid dienone is 7. The van der Waals surface area contributed by atoms with Gasteiger partial charge in [-0.1, -0.05) is 24.3 Å². The van der Waals surface area contributed by atoms with E-state index in [1.54, 1.807) is 36.4 Å². The van der Waals surface area contributed by atoms with Gasteiger partial charge in [0.25, 0.3) is 0 Å². The largest absolute Gasteiger partial charge is 0.491 e. The van der Waals surface area contributed by atoms with E-state index in [1.807, 2.05) is 31.2 Å². The van der Waals surface area contributed by atoms with E-state index in [9.17, 15) is 4.79 Å². The van der Waals surface area contributed by atoms with E-state index in [1.165, 1.54) is 0 Å². The maximum Gasteiger partial charge on any atom is 0.211 e. The normalized spacial score (nSPS) is 24.7. The molecule has 5 heteroatoms. The monoisotopic (exact) mass is 365 g/mol. The number of ketones is 1. The fourth-order valence-electron chi connectivity index (χ4n) is 2.84. The molecule has 0 radical (unpaired) electrons. The summed E-state index contributed by atoms with van der Waals surface area (Å²) in [6.45, 7) is 2.21. The van der Waals surface area contributed by atoms with Gasteiger partial charge in [0.05, 0.1) is 18.4 Å². The van der Waals surface area contributed by atoms with Crippen molar-refractivity contribution in [2.45, 2.75) is 25.9 Å². The molecule has 5 nitrogen and oxygen atoms in total. The molecule has 1 aliphatic heterocycles. The molecule has 2 aliphatic rings. The quantitative estimate of drug-likeness (QED) is 0.880. The van der Waals surface area contributed by atoms with Crippen molar-refractivity contribution >= 4 is 17.2 Å². The molecule has 1 N–H and O–H groups in total. The van der Waals surface area contributed by atoms with E-state index in [2.05, 4.69) is 4.99 Å². The Morgan fingerprint density at radius 3 is 2.63 bits per heavy atom. The number of aliphatic hydroxyl groups excluding tert-OH is 1. The summed E-state index contributed by atoms with van der Waals surface area (Å²) in [4.78, 5) is 17.6. The molecular formula is C22H23NO4. The molecule has 0 amide bonds. The Morgan fingerprint density at radius 1 is 1.15 bits per heavy atom. The van der Waals surface area contributed by atoms with Crippen LogP contribution in [0.25, 0.3) is 0 Å². The minimum Gasteiger partial charge on any atom is -0.491 e. The van der Waals surface area contributed by atoms with Gasteiger partial charge in [-0.2, -0.15) is 0 Å². The summed E-state index contributed by atoms with van der Waals surface area (Å²) in [5.41, 5.74) is 1.68. The van der Waals surface area contributed by atoms with Crippen LogP contribution in [0.3, 0.4) is 0 Å². The molecule has 1 heterocycles. The Labute approximate surface area is 159 Å². The number of aliphatic hydroxyl groups is 1. The summed E-state index contributed by atoms with van der Waals surface area (Å²) in [5, 5.41) is 8.81. The first kappa shape index (κ1) is 18.9. The first-order valence-electron chi connectivity index (χ1n) is 9.05. The van der Waals surface area contributed by atoms with Crippen LogP contribution in [-0.2, 0) is 9.53 Å². The molecule has 3 rings (SSSR count). The highest BCUT2D eigenvalue weighted by Crippen LogP contribution is 2.27. The third-order valence-corrected chi connectivity index (χ3v) is 4.21. The van der Waals surface area contributed by atoms with Crippen molar-refractivity contribution in [1.82, 2.24) is 0 Å². The highest BCUT2D eigenvalue weighted by atomic mass is 16.5. The highest BCUT2D eigenvalue weighted by molar-refractivity contribution is 6.50. The van der Waals surface area contributed by atoms with Gasteiger partial charge in [0.2, 0.25) is 5.78 Å². The average molecular weight is 365 g/mol. The number of ether oxygens (including phenoxy) is 2. The summed E-state index contributed by atoms with van der Waals surface area (Å²) < 4.78 is 11.2. The van der Waals surface area contributed by atoms with Crippen LogP contribution in [-0.4, -0.2) is 35.9 Å². The Bertz CT molecular complexity index is 828. The second-order valence-corrected chi connectivity index (χ2v) is 6.31. The Balaban J connectivity index is 1.91. The second kappa shape index (κ2) is 9.14. The molecule has 1 unspecified atom stereocenters. The fraction of sp³-hybridized carbons (Fsp3) is 0.273. The lowest BCUT2D eigenvalue weighted by molar-refractivity contribution is -0.110. The highest BCUT2D eigenvalue weighted by Gasteiger charge is 2.25. The van der Waals surface area contributed by atoms with Crippen molar-refractivity contribution in [3.05, 3.63) is 72.1 Å². The van der Waals surface area contributed by atoms with Crippen LogP contribution in [0.5, 0.6) is 5.75 Å². The second-order valence-electron chi connectivity index (χ2n) is 6.31. The van der Waals surface area contributed by atoms with Crippen LogP contribution >= 0.6 is 0 Å². The van der Waals surface area contributed by atoms with Gasteiger partial charge in [-0.05, 0) is 56.2 Å². The number of hydrogen-bond acceptors (Lipinski definition) is 5. The first-order valence-corrected chi connectivity index (χ1v) is 9.05. The Hall–Kier alpha value is -2.92. The maximum atomic E-state index is 13.1. The molecule has 0 bridgehead atoms. The number of carbonyl (C=O) groups excluding carboxylic acids is 1. The average Bonchev–Trinajstić information content (AvgIpc) is 2.68. The number of rotatable bonds is 4. The van der Waals surface area contributed by atoms with Gasteiger partial charge in [0.15, 0.2) is 0 Å². The number of nitrogens with zero attached hydrogens (tertiary/aromatic N) is 1. The molecule has 1 aromatic carbocycles. The Kier molecular flexibility index (Phi) is 6.39. The van der Waals surface area contributed by atoms with Gasteiger partial charge in [-0.15, -0.1) is 0 Å². The molecule has 0 saturated carbocycles. The van der Waals surface area contributed by atoms with E-state index in [-0.39, 0.29) is 25.1 Å². The van der Waals surface area contributed by atoms with Crippen LogP contribution in [0.15, 0.2) is 77.0 Å². The third-order valence-electron chi connectivity index (χ3n) is 4.21. The number of Topliss-reactive ketones (excluding diaryl/α,β-unsaturated/α-hetero) is 1. The van der Waals surface area contributed by atoms with Gasteiger partial charge < -0.3 is 14.6 Å². The minimum absolute atomic E-state index is 0.0382. The molecule has 1 aromatic rings. The summed E-state index contributed by atoms with van der Waals surface area (Å²) in [6, 6.07) is 7.10. The molecule has 140 valence electrons. The van der Waals surface area contributed by atoms with Gasteiger partial charge in [-0.3, -0.25) is 4.79 Å². The molecule has 0 fully saturated rings. The van der Waals surface area contributed by atoms with E-state index in [0.717, 1.165) is 6.42 Å². The van der Waals surface area contributed by atoms with Crippen molar-refractivity contribution in [3.63, 3.8) is 0 Å².